The first-order valence-corrected chi connectivity index (χ1v) is 24.6. The van der Waals surface area contributed by atoms with Gasteiger partial charge in [-0.3, -0.25) is 43.2 Å². The van der Waals surface area contributed by atoms with Crippen LogP contribution < -0.4 is 70.8 Å². The summed E-state index contributed by atoms with van der Waals surface area (Å²) in [5.41, 5.74) is 24.1. The molecule has 1 heterocycles. The van der Waals surface area contributed by atoms with Crippen LogP contribution in [0.5, 0.6) is 0 Å². The summed E-state index contributed by atoms with van der Waals surface area (Å²) in [6, 6.07) is -2.11. The Labute approximate surface area is 411 Å². The Morgan fingerprint density at radius 1 is 0.643 bits per heavy atom. The van der Waals surface area contributed by atoms with Gasteiger partial charge in [-0.15, -0.1) is 0 Å². The van der Waals surface area contributed by atoms with Crippen LogP contribution in [0, 0.1) is 5.92 Å². The first-order chi connectivity index (χ1) is 33.4. The standard InChI is InChI=1S/C47H81N13O10/c1-5-6-7-8-12-15-38(62)53-31(16-21-48)40(63)57-35-20-25-52-47(70)39(29(4)61)60-44(67)34(19-24-51)55-41(64)32(17-22-49)56-45(68)36(26-28(2)3)58-46(69)37(27-30-13-10-9-11-14-30)59-42(65)33(18-23-50)54-43(35)66/h9-11,13-14,28-29,31-37,39,61H,5-8,12,15-27,48-51H2,1-4H3,(H,52,70)(H,53,62)(H,54,66)(H,55,64)(H,56,68)(H,57,63)(H,58,69)(H,59,65)(H,60,67)/t29-,31-,32+,33+,34+,35+,36+,37-,39+/m1/s1. The van der Waals surface area contributed by atoms with Gasteiger partial charge in [0.05, 0.1) is 6.10 Å². The maximum Gasteiger partial charge on any atom is 0.245 e. The Bertz CT molecular complexity index is 1840. The van der Waals surface area contributed by atoms with E-state index >= 15 is 0 Å². The third kappa shape index (κ3) is 21.9. The normalized spacial score (nSPS) is 23.6. The van der Waals surface area contributed by atoms with E-state index in [-0.39, 0.29) is 95.9 Å². The lowest BCUT2D eigenvalue weighted by molar-refractivity contribution is -0.136. The maximum absolute atomic E-state index is 14.3. The summed E-state index contributed by atoms with van der Waals surface area (Å²) >= 11 is 0. The Morgan fingerprint density at radius 3 is 1.67 bits per heavy atom. The molecule has 0 radical (unpaired) electrons. The molecular weight excluding hydrogens is 907 g/mol. The number of amides is 9. The van der Waals surface area contributed by atoms with E-state index in [4.69, 9.17) is 22.9 Å². The number of nitrogens with two attached hydrogens (primary N) is 4. The molecule has 1 aromatic rings. The molecule has 1 aromatic carbocycles. The second-order valence-corrected chi connectivity index (χ2v) is 18.1. The Morgan fingerprint density at radius 2 is 1.14 bits per heavy atom. The minimum absolute atomic E-state index is 0.00228. The molecule has 0 spiro atoms. The molecular formula is C47H81N13O10. The van der Waals surface area contributed by atoms with Crippen molar-refractivity contribution in [3.05, 3.63) is 35.9 Å². The van der Waals surface area contributed by atoms with Crippen LogP contribution in [0.4, 0.5) is 0 Å². The van der Waals surface area contributed by atoms with Gasteiger partial charge in [0.15, 0.2) is 0 Å². The highest BCUT2D eigenvalue weighted by Gasteiger charge is 2.36. The Hall–Kier alpha value is -5.75. The van der Waals surface area contributed by atoms with Gasteiger partial charge in [-0.1, -0.05) is 76.8 Å². The van der Waals surface area contributed by atoms with E-state index in [1.54, 1.807) is 30.3 Å². The number of rotatable bonds is 22. The van der Waals surface area contributed by atoms with Gasteiger partial charge in [0, 0.05) is 19.4 Å². The molecule has 9 amide bonds. The minimum Gasteiger partial charge on any atom is -0.391 e. The molecule has 1 fully saturated rings. The monoisotopic (exact) mass is 988 g/mol. The lowest BCUT2D eigenvalue weighted by Crippen LogP contribution is -2.61. The number of hydrogen-bond acceptors (Lipinski definition) is 14. The predicted molar refractivity (Wildman–Crippen MR) is 262 cm³/mol. The first kappa shape index (κ1) is 60.4. The Kier molecular flexibility index (Phi) is 28.4. The zero-order chi connectivity index (χ0) is 52.2. The molecule has 0 unspecified atom stereocenters. The van der Waals surface area contributed by atoms with Gasteiger partial charge in [-0.2, -0.15) is 0 Å². The van der Waals surface area contributed by atoms with Crippen molar-refractivity contribution >= 4 is 53.2 Å². The van der Waals surface area contributed by atoms with Crippen LogP contribution in [0.1, 0.15) is 110 Å². The highest BCUT2D eigenvalue weighted by molar-refractivity contribution is 5.98. The lowest BCUT2D eigenvalue weighted by Gasteiger charge is -2.28. The molecule has 23 nitrogen and oxygen atoms in total. The van der Waals surface area contributed by atoms with E-state index in [1.165, 1.54) is 6.92 Å². The summed E-state index contributed by atoms with van der Waals surface area (Å²) in [7, 11) is 0. The molecule has 2 rings (SSSR count). The van der Waals surface area contributed by atoms with Crippen molar-refractivity contribution in [2.75, 3.05) is 32.7 Å². The van der Waals surface area contributed by atoms with Crippen LogP contribution in [0.2, 0.25) is 0 Å². The van der Waals surface area contributed by atoms with Crippen molar-refractivity contribution in [1.82, 2.24) is 47.9 Å². The molecule has 23 heteroatoms. The number of aliphatic hydroxyl groups is 1. The molecule has 1 saturated heterocycles. The molecule has 0 bridgehead atoms. The van der Waals surface area contributed by atoms with Crippen LogP contribution in [-0.4, -0.2) is 145 Å². The predicted octanol–water partition coefficient (Wildman–Crippen LogP) is -3.19. The van der Waals surface area contributed by atoms with Crippen molar-refractivity contribution in [3.8, 4) is 0 Å². The van der Waals surface area contributed by atoms with Crippen molar-refractivity contribution in [2.24, 2.45) is 28.9 Å². The maximum atomic E-state index is 14.3. The fourth-order valence-electron chi connectivity index (χ4n) is 7.67. The summed E-state index contributed by atoms with van der Waals surface area (Å²) in [6.07, 6.45) is 2.50. The van der Waals surface area contributed by atoms with Crippen LogP contribution in [0.15, 0.2) is 30.3 Å². The summed E-state index contributed by atoms with van der Waals surface area (Å²) in [6.45, 7) is 6.32. The zero-order valence-corrected chi connectivity index (χ0v) is 41.3. The smallest absolute Gasteiger partial charge is 0.245 e. The summed E-state index contributed by atoms with van der Waals surface area (Å²) in [5, 5.41) is 34.2. The van der Waals surface area contributed by atoms with Crippen LogP contribution in [-0.2, 0) is 49.6 Å². The van der Waals surface area contributed by atoms with Gasteiger partial charge in [-0.05, 0) is 89.5 Å². The van der Waals surface area contributed by atoms with Gasteiger partial charge >= 0.3 is 0 Å². The van der Waals surface area contributed by atoms with E-state index in [9.17, 15) is 48.3 Å². The fraction of sp³-hybridized carbons (Fsp3) is 0.681. The average molecular weight is 988 g/mol. The summed E-state index contributed by atoms with van der Waals surface area (Å²) < 4.78 is 0. The molecule has 0 aliphatic carbocycles. The van der Waals surface area contributed by atoms with E-state index < -0.39 is 102 Å². The molecule has 9 atom stereocenters. The van der Waals surface area contributed by atoms with Crippen LogP contribution in [0.25, 0.3) is 0 Å². The molecule has 394 valence electrons. The average Bonchev–Trinajstić information content (AvgIpc) is 3.31. The van der Waals surface area contributed by atoms with Crippen molar-refractivity contribution in [3.63, 3.8) is 0 Å². The zero-order valence-electron chi connectivity index (χ0n) is 41.3. The molecule has 70 heavy (non-hydrogen) atoms. The summed E-state index contributed by atoms with van der Waals surface area (Å²) in [4.78, 5) is 125. The fourth-order valence-corrected chi connectivity index (χ4v) is 7.67. The summed E-state index contributed by atoms with van der Waals surface area (Å²) in [5.74, 6) is -7.20. The lowest BCUT2D eigenvalue weighted by atomic mass is 10.00. The van der Waals surface area contributed by atoms with Gasteiger partial charge in [0.25, 0.3) is 0 Å². The third-order valence-electron chi connectivity index (χ3n) is 11.6. The molecule has 1 aliphatic heterocycles. The topological polar surface area (TPSA) is 386 Å². The Balaban J connectivity index is 2.69. The number of nitrogens with one attached hydrogen (secondary N) is 9. The SMILES string of the molecule is CCCCCCCC(=O)N[C@H](CCN)C(=O)N[C@H]1CCNC(=O)[C@H]([C@@H](C)O)NC(=O)[C@H](CCN)NC(=O)[C@H](CCN)NC(=O)[C@H](CC(C)C)NC(=O)[C@@H](Cc2ccccc2)NC(=O)[C@H](CCN)NC1=O. The van der Waals surface area contributed by atoms with E-state index in [0.29, 0.717) is 12.0 Å². The molecule has 1 aliphatic rings. The van der Waals surface area contributed by atoms with Gasteiger partial charge < -0.3 is 75.9 Å². The third-order valence-corrected chi connectivity index (χ3v) is 11.6. The second-order valence-electron chi connectivity index (χ2n) is 18.1. The van der Waals surface area contributed by atoms with Crippen molar-refractivity contribution in [1.29, 1.82) is 0 Å². The van der Waals surface area contributed by atoms with Gasteiger partial charge in [0.2, 0.25) is 53.2 Å². The number of aliphatic hydroxyl groups excluding tert-OH is 1. The van der Waals surface area contributed by atoms with Gasteiger partial charge in [-0.25, -0.2) is 0 Å². The van der Waals surface area contributed by atoms with Crippen LogP contribution >= 0.6 is 0 Å². The largest absolute Gasteiger partial charge is 0.391 e. The van der Waals surface area contributed by atoms with E-state index in [0.717, 1.165) is 25.7 Å². The van der Waals surface area contributed by atoms with Crippen molar-refractivity contribution < 1.29 is 48.3 Å². The quantitative estimate of drug-likeness (QED) is 0.0510. The number of hydrogen-bond donors (Lipinski definition) is 14. The van der Waals surface area contributed by atoms with Gasteiger partial charge in [0.1, 0.15) is 48.3 Å². The first-order valence-electron chi connectivity index (χ1n) is 24.6. The number of unbranched alkanes of at least 4 members (excludes halogenated alkanes) is 4. The second kappa shape index (κ2) is 32.9. The highest BCUT2D eigenvalue weighted by Crippen LogP contribution is 2.11. The molecule has 0 aromatic heterocycles. The molecule has 18 N–H and O–H groups in total. The minimum atomic E-state index is -1.60. The number of carbonyl (C=O) groups excluding carboxylic acids is 9. The van der Waals surface area contributed by atoms with E-state index in [1.807, 2.05) is 13.8 Å². The molecule has 0 saturated carbocycles. The van der Waals surface area contributed by atoms with Crippen molar-refractivity contribution in [2.45, 2.75) is 166 Å². The van der Waals surface area contributed by atoms with E-state index in [2.05, 4.69) is 54.8 Å². The van der Waals surface area contributed by atoms with Crippen LogP contribution in [0.3, 0.4) is 0 Å². The number of carbonyl (C=O) groups is 9. The highest BCUT2D eigenvalue weighted by atomic mass is 16.3. The number of benzene rings is 1.